The molecule has 0 atom stereocenters. The van der Waals surface area contributed by atoms with E-state index in [0.29, 0.717) is 12.0 Å². The molecule has 96 valence electrons. The van der Waals surface area contributed by atoms with Gasteiger partial charge in [0.2, 0.25) is 0 Å². The van der Waals surface area contributed by atoms with Crippen LogP contribution in [0.3, 0.4) is 0 Å². The van der Waals surface area contributed by atoms with Crippen molar-refractivity contribution in [2.24, 2.45) is 0 Å². The maximum absolute atomic E-state index is 11.0. The molecule has 0 spiro atoms. The fraction of sp³-hybridized carbons (Fsp3) is 0.533. The molecule has 0 saturated heterocycles. The molecule has 0 fully saturated rings. The zero-order valence-electron chi connectivity index (χ0n) is 11.4. The van der Waals surface area contributed by atoms with Gasteiger partial charge in [-0.3, -0.25) is 0 Å². The van der Waals surface area contributed by atoms with E-state index in [4.69, 9.17) is 5.11 Å². The zero-order valence-corrected chi connectivity index (χ0v) is 11.4. The third-order valence-electron chi connectivity index (χ3n) is 2.66. The number of hydrogen-bond acceptors (Lipinski definition) is 1. The number of aliphatic carboxylic acids is 1. The number of carboxylic acids is 1. The molecule has 0 unspecified atom stereocenters. The summed E-state index contributed by atoms with van der Waals surface area (Å²) < 4.78 is 0. The molecule has 2 heteroatoms. The first-order valence-corrected chi connectivity index (χ1v) is 6.14. The van der Waals surface area contributed by atoms with Gasteiger partial charge in [0.1, 0.15) is 0 Å². The van der Waals surface area contributed by atoms with E-state index in [9.17, 15) is 4.79 Å². The zero-order chi connectivity index (χ0) is 13.3. The third-order valence-corrected chi connectivity index (χ3v) is 2.66. The van der Waals surface area contributed by atoms with Gasteiger partial charge >= 0.3 is 5.97 Å². The Balaban J connectivity index is 4.28. The molecule has 1 N–H and O–H groups in total. The van der Waals surface area contributed by atoms with Crippen LogP contribution in [0.4, 0.5) is 0 Å². The van der Waals surface area contributed by atoms with E-state index < -0.39 is 5.97 Å². The van der Waals surface area contributed by atoms with E-state index in [2.05, 4.69) is 19.1 Å². The van der Waals surface area contributed by atoms with Crippen LogP contribution in [-0.2, 0) is 4.79 Å². The van der Waals surface area contributed by atoms with Crippen molar-refractivity contribution in [3.8, 4) is 0 Å². The molecule has 17 heavy (non-hydrogen) atoms. The van der Waals surface area contributed by atoms with Crippen molar-refractivity contribution in [2.75, 3.05) is 0 Å². The summed E-state index contributed by atoms with van der Waals surface area (Å²) in [6, 6.07) is 0. The molecule has 0 radical (unpaired) electrons. The molecule has 0 aliphatic heterocycles. The Morgan fingerprint density at radius 3 is 2.12 bits per heavy atom. The first-order valence-electron chi connectivity index (χ1n) is 6.14. The minimum absolute atomic E-state index is 0.534. The van der Waals surface area contributed by atoms with Crippen LogP contribution in [0.25, 0.3) is 0 Å². The summed E-state index contributed by atoms with van der Waals surface area (Å²) in [7, 11) is 0. The number of allylic oxidation sites excluding steroid dienone is 5. The maximum atomic E-state index is 11.0. The molecule has 0 aromatic heterocycles. The molecule has 0 aromatic rings. The van der Waals surface area contributed by atoms with E-state index >= 15 is 0 Å². The monoisotopic (exact) mass is 236 g/mol. The summed E-state index contributed by atoms with van der Waals surface area (Å²) in [5.41, 5.74) is 3.07. The second-order valence-electron chi connectivity index (χ2n) is 4.53. The summed E-state index contributed by atoms with van der Waals surface area (Å²) in [6.45, 7) is 8.13. The first-order chi connectivity index (χ1) is 7.97. The lowest BCUT2D eigenvalue weighted by molar-refractivity contribution is -0.132. The van der Waals surface area contributed by atoms with E-state index in [1.54, 1.807) is 0 Å². The Bertz CT molecular complexity index is 329. The highest BCUT2D eigenvalue weighted by atomic mass is 16.4. The van der Waals surface area contributed by atoms with Gasteiger partial charge in [0.15, 0.2) is 0 Å². The van der Waals surface area contributed by atoms with E-state index in [0.717, 1.165) is 19.3 Å². The number of hydrogen-bond donors (Lipinski definition) is 1. The Hall–Kier alpha value is -1.31. The number of carboxylic acid groups (broad SMARTS) is 1. The molecular formula is C15H24O2. The van der Waals surface area contributed by atoms with Gasteiger partial charge in [-0.1, -0.05) is 29.4 Å². The van der Waals surface area contributed by atoms with Gasteiger partial charge in [-0.2, -0.15) is 0 Å². The van der Waals surface area contributed by atoms with Crippen molar-refractivity contribution in [1.29, 1.82) is 0 Å². The van der Waals surface area contributed by atoms with Gasteiger partial charge < -0.3 is 5.11 Å². The van der Waals surface area contributed by atoms with Gasteiger partial charge in [-0.05, 0) is 53.4 Å². The largest absolute Gasteiger partial charge is 0.478 e. The summed E-state index contributed by atoms with van der Waals surface area (Å²) in [4.78, 5) is 11.0. The Kier molecular flexibility index (Phi) is 8.12. The molecule has 0 aliphatic carbocycles. The minimum atomic E-state index is -0.787. The van der Waals surface area contributed by atoms with Gasteiger partial charge in [0.05, 0.1) is 0 Å². The molecule has 0 amide bonds. The SMILES string of the molecule is C/C=C(\C)CC/C=C(/CCC=C(C)C)C(=O)O. The van der Waals surface area contributed by atoms with Crippen molar-refractivity contribution >= 4 is 5.97 Å². The summed E-state index contributed by atoms with van der Waals surface area (Å²) >= 11 is 0. The molecule has 0 heterocycles. The summed E-state index contributed by atoms with van der Waals surface area (Å²) in [5.74, 6) is -0.787. The van der Waals surface area contributed by atoms with Gasteiger partial charge in [0, 0.05) is 5.57 Å². The van der Waals surface area contributed by atoms with Crippen molar-refractivity contribution < 1.29 is 9.90 Å². The quantitative estimate of drug-likeness (QED) is 0.522. The van der Waals surface area contributed by atoms with Crippen molar-refractivity contribution in [1.82, 2.24) is 0 Å². The van der Waals surface area contributed by atoms with Crippen molar-refractivity contribution in [2.45, 2.75) is 53.4 Å². The van der Waals surface area contributed by atoms with Crippen LogP contribution in [0.15, 0.2) is 34.9 Å². The molecule has 0 aromatic carbocycles. The van der Waals surface area contributed by atoms with Gasteiger partial charge in [0.25, 0.3) is 0 Å². The molecule has 2 nitrogen and oxygen atoms in total. The molecule has 0 aliphatic rings. The smallest absolute Gasteiger partial charge is 0.331 e. The Morgan fingerprint density at radius 1 is 1.06 bits per heavy atom. The predicted molar refractivity (Wildman–Crippen MR) is 73.0 cm³/mol. The van der Waals surface area contributed by atoms with Crippen LogP contribution in [0.2, 0.25) is 0 Å². The first kappa shape index (κ1) is 15.7. The van der Waals surface area contributed by atoms with Gasteiger partial charge in [-0.15, -0.1) is 0 Å². The van der Waals surface area contributed by atoms with Crippen molar-refractivity contribution in [3.05, 3.63) is 34.9 Å². The Morgan fingerprint density at radius 2 is 1.65 bits per heavy atom. The average molecular weight is 236 g/mol. The third kappa shape index (κ3) is 8.49. The highest BCUT2D eigenvalue weighted by molar-refractivity contribution is 5.86. The maximum Gasteiger partial charge on any atom is 0.331 e. The van der Waals surface area contributed by atoms with Crippen LogP contribution >= 0.6 is 0 Å². The van der Waals surface area contributed by atoms with E-state index in [-0.39, 0.29) is 0 Å². The highest BCUT2D eigenvalue weighted by Crippen LogP contribution is 2.12. The lowest BCUT2D eigenvalue weighted by Crippen LogP contribution is -2.00. The molecule has 0 rings (SSSR count). The predicted octanol–water partition coefficient (Wildman–Crippen LogP) is 4.49. The Labute approximate surface area is 105 Å². The second-order valence-corrected chi connectivity index (χ2v) is 4.53. The topological polar surface area (TPSA) is 37.3 Å². The molecule has 0 saturated carbocycles. The number of rotatable bonds is 7. The normalized spacial score (nSPS) is 12.5. The fourth-order valence-corrected chi connectivity index (χ4v) is 1.43. The van der Waals surface area contributed by atoms with E-state index in [1.807, 2.05) is 26.8 Å². The van der Waals surface area contributed by atoms with Crippen LogP contribution in [0.1, 0.15) is 53.4 Å². The standard InChI is InChI=1S/C15H24O2/c1-5-13(4)9-7-11-14(15(16)17)10-6-8-12(2)3/h5,8,11H,6-7,9-10H2,1-4H3,(H,16,17)/b13-5+,14-11-. The summed E-state index contributed by atoms with van der Waals surface area (Å²) in [6.07, 6.45) is 9.18. The van der Waals surface area contributed by atoms with Crippen LogP contribution in [0, 0.1) is 0 Å². The van der Waals surface area contributed by atoms with Crippen molar-refractivity contribution in [3.63, 3.8) is 0 Å². The molecule has 0 bridgehead atoms. The van der Waals surface area contributed by atoms with Crippen LogP contribution in [0.5, 0.6) is 0 Å². The van der Waals surface area contributed by atoms with E-state index in [1.165, 1.54) is 11.1 Å². The van der Waals surface area contributed by atoms with Crippen LogP contribution < -0.4 is 0 Å². The average Bonchev–Trinajstić information content (AvgIpc) is 2.25. The molecular weight excluding hydrogens is 212 g/mol. The lowest BCUT2D eigenvalue weighted by Gasteiger charge is -2.01. The minimum Gasteiger partial charge on any atom is -0.478 e. The highest BCUT2D eigenvalue weighted by Gasteiger charge is 2.05. The summed E-state index contributed by atoms with van der Waals surface area (Å²) in [5, 5.41) is 9.06. The van der Waals surface area contributed by atoms with Gasteiger partial charge in [-0.25, -0.2) is 4.79 Å². The fourth-order valence-electron chi connectivity index (χ4n) is 1.43. The lowest BCUT2D eigenvalue weighted by atomic mass is 10.1. The number of carbonyl (C=O) groups is 1. The van der Waals surface area contributed by atoms with Crippen LogP contribution in [-0.4, -0.2) is 11.1 Å². The second kappa shape index (κ2) is 8.80.